The van der Waals surface area contributed by atoms with Crippen LogP contribution in [-0.2, 0) is 6.61 Å². The molecule has 5 heteroatoms. The van der Waals surface area contributed by atoms with E-state index in [-0.39, 0.29) is 12.4 Å². The average molecular weight is 286 g/mol. The number of hydrogen-bond acceptors (Lipinski definition) is 2. The standard InChI is InChI=1S/C13H10Cl2FNO/c1-8-2-3-9(16)6-12(8)18-7-11-10(14)4-5-13(15)17-11/h2-6H,7H2,1H3. The van der Waals surface area contributed by atoms with Crippen LogP contribution in [0.2, 0.25) is 10.2 Å². The summed E-state index contributed by atoms with van der Waals surface area (Å²) >= 11 is 11.7. The second kappa shape index (κ2) is 5.55. The predicted octanol–water partition coefficient (Wildman–Crippen LogP) is 4.41. The van der Waals surface area contributed by atoms with Crippen molar-refractivity contribution in [2.45, 2.75) is 13.5 Å². The number of benzene rings is 1. The molecule has 18 heavy (non-hydrogen) atoms. The number of rotatable bonds is 3. The molecule has 1 heterocycles. The molecular formula is C13H10Cl2FNO. The number of halogens is 3. The SMILES string of the molecule is Cc1ccc(F)cc1OCc1nc(Cl)ccc1Cl. The summed E-state index contributed by atoms with van der Waals surface area (Å²) in [5, 5.41) is 0.808. The maximum absolute atomic E-state index is 13.1. The van der Waals surface area contributed by atoms with Crippen molar-refractivity contribution >= 4 is 23.2 Å². The van der Waals surface area contributed by atoms with Crippen LogP contribution in [0.1, 0.15) is 11.3 Å². The Morgan fingerprint density at radius 2 is 2.00 bits per heavy atom. The van der Waals surface area contributed by atoms with Crippen LogP contribution in [0, 0.1) is 12.7 Å². The van der Waals surface area contributed by atoms with Gasteiger partial charge in [-0.2, -0.15) is 0 Å². The maximum atomic E-state index is 13.1. The third-order valence-electron chi connectivity index (χ3n) is 2.40. The van der Waals surface area contributed by atoms with Crippen LogP contribution in [-0.4, -0.2) is 4.98 Å². The second-order valence-electron chi connectivity index (χ2n) is 3.76. The van der Waals surface area contributed by atoms with Crippen molar-refractivity contribution in [3.63, 3.8) is 0 Å². The number of pyridine rings is 1. The first-order chi connectivity index (χ1) is 8.56. The Morgan fingerprint density at radius 3 is 2.78 bits per heavy atom. The van der Waals surface area contributed by atoms with Gasteiger partial charge in [0.15, 0.2) is 0 Å². The first-order valence-corrected chi connectivity index (χ1v) is 6.02. The molecule has 0 saturated heterocycles. The summed E-state index contributed by atoms with van der Waals surface area (Å²) in [6, 6.07) is 7.60. The van der Waals surface area contributed by atoms with Gasteiger partial charge in [0.05, 0.1) is 10.7 Å². The molecule has 0 saturated carbocycles. The van der Waals surface area contributed by atoms with Gasteiger partial charge in [0.1, 0.15) is 23.3 Å². The highest BCUT2D eigenvalue weighted by atomic mass is 35.5. The van der Waals surface area contributed by atoms with Crippen LogP contribution in [0.4, 0.5) is 4.39 Å². The lowest BCUT2D eigenvalue weighted by atomic mass is 10.2. The fraction of sp³-hybridized carbons (Fsp3) is 0.154. The molecule has 0 unspecified atom stereocenters. The Kier molecular flexibility index (Phi) is 4.04. The topological polar surface area (TPSA) is 22.1 Å². The Bertz CT molecular complexity index is 523. The van der Waals surface area contributed by atoms with Gasteiger partial charge < -0.3 is 4.74 Å². The van der Waals surface area contributed by atoms with E-state index in [4.69, 9.17) is 27.9 Å². The van der Waals surface area contributed by atoms with Gasteiger partial charge in [0, 0.05) is 6.07 Å². The molecule has 0 amide bonds. The molecule has 2 rings (SSSR count). The summed E-state index contributed by atoms with van der Waals surface area (Å²) in [6.07, 6.45) is 0. The third-order valence-corrected chi connectivity index (χ3v) is 2.95. The monoisotopic (exact) mass is 285 g/mol. The molecule has 2 aromatic rings. The Balaban J connectivity index is 2.16. The highest BCUT2D eigenvalue weighted by Crippen LogP contribution is 2.22. The summed E-state index contributed by atoms with van der Waals surface area (Å²) in [7, 11) is 0. The third kappa shape index (κ3) is 3.12. The fourth-order valence-electron chi connectivity index (χ4n) is 1.43. The molecule has 0 bridgehead atoms. The summed E-state index contributed by atoms with van der Waals surface area (Å²) in [5.74, 6) is 0.119. The van der Waals surface area contributed by atoms with Crippen molar-refractivity contribution in [1.29, 1.82) is 0 Å². The van der Waals surface area contributed by atoms with Gasteiger partial charge in [0.2, 0.25) is 0 Å². The van der Waals surface area contributed by atoms with Crippen LogP contribution < -0.4 is 4.74 Å². The number of nitrogens with zero attached hydrogens (tertiary/aromatic N) is 1. The van der Waals surface area contributed by atoms with Crippen molar-refractivity contribution in [1.82, 2.24) is 4.98 Å². The molecule has 0 spiro atoms. The van der Waals surface area contributed by atoms with Gasteiger partial charge in [-0.3, -0.25) is 0 Å². The van der Waals surface area contributed by atoms with Crippen molar-refractivity contribution in [2.24, 2.45) is 0 Å². The first-order valence-electron chi connectivity index (χ1n) is 5.26. The largest absolute Gasteiger partial charge is 0.487 e. The summed E-state index contributed by atoms with van der Waals surface area (Å²) in [6.45, 7) is 1.98. The normalized spacial score (nSPS) is 10.4. The minimum Gasteiger partial charge on any atom is -0.487 e. The zero-order chi connectivity index (χ0) is 13.1. The van der Waals surface area contributed by atoms with E-state index in [9.17, 15) is 4.39 Å². The van der Waals surface area contributed by atoms with E-state index in [0.29, 0.717) is 21.6 Å². The van der Waals surface area contributed by atoms with Gasteiger partial charge in [-0.05, 0) is 30.7 Å². The molecule has 0 N–H and O–H groups in total. The van der Waals surface area contributed by atoms with E-state index < -0.39 is 0 Å². The van der Waals surface area contributed by atoms with E-state index in [1.807, 2.05) is 6.92 Å². The number of hydrogen-bond donors (Lipinski definition) is 0. The summed E-state index contributed by atoms with van der Waals surface area (Å²) < 4.78 is 18.6. The molecule has 1 aromatic carbocycles. The van der Waals surface area contributed by atoms with Crippen LogP contribution in [0.3, 0.4) is 0 Å². The molecule has 0 aliphatic rings. The Morgan fingerprint density at radius 1 is 1.22 bits per heavy atom. The zero-order valence-corrected chi connectivity index (χ0v) is 11.1. The van der Waals surface area contributed by atoms with E-state index in [1.54, 1.807) is 18.2 Å². The van der Waals surface area contributed by atoms with Gasteiger partial charge in [0.25, 0.3) is 0 Å². The van der Waals surface area contributed by atoms with E-state index in [1.165, 1.54) is 12.1 Å². The number of ether oxygens (including phenoxy) is 1. The first kappa shape index (κ1) is 13.1. The quantitative estimate of drug-likeness (QED) is 0.779. The minimum atomic E-state index is -0.347. The van der Waals surface area contributed by atoms with E-state index >= 15 is 0 Å². The van der Waals surface area contributed by atoms with Crippen LogP contribution in [0.5, 0.6) is 5.75 Å². The van der Waals surface area contributed by atoms with Gasteiger partial charge >= 0.3 is 0 Å². The van der Waals surface area contributed by atoms with Crippen LogP contribution >= 0.6 is 23.2 Å². The number of aryl methyl sites for hydroxylation is 1. The average Bonchev–Trinajstić information content (AvgIpc) is 2.34. The lowest BCUT2D eigenvalue weighted by Gasteiger charge is -2.09. The highest BCUT2D eigenvalue weighted by molar-refractivity contribution is 6.32. The van der Waals surface area contributed by atoms with Crippen LogP contribution in [0.25, 0.3) is 0 Å². The summed E-state index contributed by atoms with van der Waals surface area (Å²) in [4.78, 5) is 4.05. The second-order valence-corrected chi connectivity index (χ2v) is 4.56. The zero-order valence-electron chi connectivity index (χ0n) is 9.58. The van der Waals surface area contributed by atoms with Gasteiger partial charge in [-0.15, -0.1) is 0 Å². The molecule has 0 atom stereocenters. The van der Waals surface area contributed by atoms with E-state index in [2.05, 4.69) is 4.98 Å². The summed E-state index contributed by atoms with van der Waals surface area (Å²) in [5.41, 5.74) is 1.36. The van der Waals surface area contributed by atoms with Crippen molar-refractivity contribution in [3.05, 3.63) is 57.6 Å². The van der Waals surface area contributed by atoms with Crippen molar-refractivity contribution in [2.75, 3.05) is 0 Å². The fourth-order valence-corrected chi connectivity index (χ4v) is 1.76. The Hall–Kier alpha value is -1.32. The van der Waals surface area contributed by atoms with Gasteiger partial charge in [-0.1, -0.05) is 29.3 Å². The molecule has 0 fully saturated rings. The van der Waals surface area contributed by atoms with Crippen molar-refractivity contribution in [3.8, 4) is 5.75 Å². The maximum Gasteiger partial charge on any atom is 0.132 e. The minimum absolute atomic E-state index is 0.143. The van der Waals surface area contributed by atoms with Crippen LogP contribution in [0.15, 0.2) is 30.3 Å². The lowest BCUT2D eigenvalue weighted by molar-refractivity contribution is 0.298. The predicted molar refractivity (Wildman–Crippen MR) is 69.7 cm³/mol. The van der Waals surface area contributed by atoms with E-state index in [0.717, 1.165) is 5.56 Å². The molecule has 0 radical (unpaired) electrons. The molecule has 1 aromatic heterocycles. The van der Waals surface area contributed by atoms with Gasteiger partial charge in [-0.25, -0.2) is 9.37 Å². The van der Waals surface area contributed by atoms with Crippen molar-refractivity contribution < 1.29 is 9.13 Å². The number of aromatic nitrogens is 1. The lowest BCUT2D eigenvalue weighted by Crippen LogP contribution is -2.01. The highest BCUT2D eigenvalue weighted by Gasteiger charge is 2.06. The Labute approximate surface area is 114 Å². The smallest absolute Gasteiger partial charge is 0.132 e. The molecule has 2 nitrogen and oxygen atoms in total. The molecular weight excluding hydrogens is 276 g/mol. The molecule has 0 aliphatic heterocycles. The molecule has 94 valence electrons. The molecule has 0 aliphatic carbocycles.